The van der Waals surface area contributed by atoms with Crippen molar-refractivity contribution >= 4 is 11.3 Å². The van der Waals surface area contributed by atoms with Crippen LogP contribution in [0.2, 0.25) is 0 Å². The van der Waals surface area contributed by atoms with Crippen LogP contribution in [0.25, 0.3) is 0 Å². The predicted octanol–water partition coefficient (Wildman–Crippen LogP) is 2.53. The third-order valence-corrected chi connectivity index (χ3v) is 4.17. The predicted molar refractivity (Wildman–Crippen MR) is 66.9 cm³/mol. The van der Waals surface area contributed by atoms with Crippen LogP contribution in [0.15, 0.2) is 5.38 Å². The molecule has 0 spiro atoms. The molecule has 3 nitrogen and oxygen atoms in total. The lowest BCUT2D eigenvalue weighted by atomic mass is 10.1. The number of hydrogen-bond donors (Lipinski definition) is 1. The third kappa shape index (κ3) is 2.62. The fourth-order valence-electron chi connectivity index (χ4n) is 2.04. The van der Waals surface area contributed by atoms with Crippen LogP contribution in [0.4, 0.5) is 0 Å². The third-order valence-electron chi connectivity index (χ3n) is 3.16. The van der Waals surface area contributed by atoms with Gasteiger partial charge in [-0.05, 0) is 26.7 Å². The Balaban J connectivity index is 1.94. The summed E-state index contributed by atoms with van der Waals surface area (Å²) < 4.78 is 5.55. The average molecular weight is 240 g/mol. The lowest BCUT2D eigenvalue weighted by Crippen LogP contribution is -2.36. The normalized spacial score (nSPS) is 27.2. The fourth-order valence-corrected chi connectivity index (χ4v) is 2.88. The fraction of sp³-hybridized carbons (Fsp3) is 0.750. The molecule has 1 aliphatic rings. The number of nitrogens with zero attached hydrogens (tertiary/aromatic N) is 1. The molecule has 4 heteroatoms. The summed E-state index contributed by atoms with van der Waals surface area (Å²) in [7, 11) is 0. The highest BCUT2D eigenvalue weighted by atomic mass is 32.1. The Hall–Kier alpha value is -0.450. The zero-order valence-corrected chi connectivity index (χ0v) is 11.0. The van der Waals surface area contributed by atoms with Crippen LogP contribution in [-0.2, 0) is 11.2 Å². The molecular formula is C12H20N2OS. The van der Waals surface area contributed by atoms with E-state index in [4.69, 9.17) is 4.74 Å². The van der Waals surface area contributed by atoms with Crippen LogP contribution in [0.5, 0.6) is 0 Å². The van der Waals surface area contributed by atoms with E-state index in [9.17, 15) is 0 Å². The van der Waals surface area contributed by atoms with E-state index in [2.05, 4.69) is 36.5 Å². The summed E-state index contributed by atoms with van der Waals surface area (Å²) >= 11 is 1.75. The summed E-state index contributed by atoms with van der Waals surface area (Å²) in [5, 5.41) is 6.99. The van der Waals surface area contributed by atoms with E-state index >= 15 is 0 Å². The van der Waals surface area contributed by atoms with Crippen molar-refractivity contribution in [2.45, 2.75) is 51.8 Å². The molecule has 1 saturated heterocycles. The second-order valence-corrected chi connectivity index (χ2v) is 5.32. The monoisotopic (exact) mass is 240 g/mol. The van der Waals surface area contributed by atoms with E-state index in [0.29, 0.717) is 18.2 Å². The Morgan fingerprint density at radius 1 is 1.69 bits per heavy atom. The molecule has 90 valence electrons. The quantitative estimate of drug-likeness (QED) is 0.878. The van der Waals surface area contributed by atoms with Gasteiger partial charge in [-0.25, -0.2) is 4.98 Å². The molecule has 0 aromatic carbocycles. The van der Waals surface area contributed by atoms with E-state index < -0.39 is 0 Å². The maximum Gasteiger partial charge on any atom is 0.0926 e. The lowest BCUT2D eigenvalue weighted by Gasteiger charge is -2.20. The summed E-state index contributed by atoms with van der Waals surface area (Å²) in [4.78, 5) is 4.61. The first kappa shape index (κ1) is 12.0. The van der Waals surface area contributed by atoms with E-state index in [1.54, 1.807) is 11.3 Å². The minimum Gasteiger partial charge on any atom is -0.377 e. The molecule has 0 radical (unpaired) electrons. The molecule has 1 aromatic rings. The molecular weight excluding hydrogens is 220 g/mol. The van der Waals surface area contributed by atoms with Gasteiger partial charge in [-0.1, -0.05) is 6.92 Å². The van der Waals surface area contributed by atoms with Crippen molar-refractivity contribution in [3.05, 3.63) is 16.1 Å². The van der Waals surface area contributed by atoms with E-state index in [1.807, 2.05) is 0 Å². The van der Waals surface area contributed by atoms with Crippen molar-refractivity contribution in [1.29, 1.82) is 0 Å². The van der Waals surface area contributed by atoms with Gasteiger partial charge in [0.1, 0.15) is 0 Å². The van der Waals surface area contributed by atoms with Crippen molar-refractivity contribution in [2.24, 2.45) is 0 Å². The molecule has 1 aromatic heterocycles. The first-order chi connectivity index (χ1) is 7.70. The minimum atomic E-state index is 0.325. The number of ether oxygens (including phenoxy) is 1. The largest absolute Gasteiger partial charge is 0.377 e. The Labute approximate surface area is 101 Å². The first-order valence-electron chi connectivity index (χ1n) is 6.02. The highest BCUT2D eigenvalue weighted by Crippen LogP contribution is 2.20. The van der Waals surface area contributed by atoms with Crippen LogP contribution >= 0.6 is 11.3 Å². The van der Waals surface area contributed by atoms with Gasteiger partial charge in [0.25, 0.3) is 0 Å². The van der Waals surface area contributed by atoms with Crippen LogP contribution in [0.3, 0.4) is 0 Å². The molecule has 1 N–H and O–H groups in total. The molecule has 1 aliphatic heterocycles. The van der Waals surface area contributed by atoms with E-state index in [0.717, 1.165) is 19.4 Å². The first-order valence-corrected chi connectivity index (χ1v) is 6.90. The van der Waals surface area contributed by atoms with Gasteiger partial charge >= 0.3 is 0 Å². The van der Waals surface area contributed by atoms with Crippen LogP contribution in [0, 0.1) is 0 Å². The summed E-state index contributed by atoms with van der Waals surface area (Å²) in [6.07, 6.45) is 2.46. The molecule has 0 amide bonds. The lowest BCUT2D eigenvalue weighted by molar-refractivity contribution is 0.111. The van der Waals surface area contributed by atoms with Gasteiger partial charge in [0.2, 0.25) is 0 Å². The van der Waals surface area contributed by atoms with Crippen molar-refractivity contribution in [3.63, 3.8) is 0 Å². The number of thiazole rings is 1. The Morgan fingerprint density at radius 2 is 2.50 bits per heavy atom. The Kier molecular flexibility index (Phi) is 3.95. The summed E-state index contributed by atoms with van der Waals surface area (Å²) in [5.41, 5.74) is 1.17. The molecule has 2 heterocycles. The number of aromatic nitrogens is 1. The number of aryl methyl sites for hydroxylation is 1. The second-order valence-electron chi connectivity index (χ2n) is 4.38. The van der Waals surface area contributed by atoms with Crippen molar-refractivity contribution in [2.75, 3.05) is 6.61 Å². The number of hydrogen-bond acceptors (Lipinski definition) is 4. The van der Waals surface area contributed by atoms with Crippen molar-refractivity contribution in [3.8, 4) is 0 Å². The zero-order chi connectivity index (χ0) is 11.5. The maximum absolute atomic E-state index is 5.55. The van der Waals surface area contributed by atoms with Crippen LogP contribution in [0.1, 0.15) is 43.9 Å². The van der Waals surface area contributed by atoms with Gasteiger partial charge < -0.3 is 10.1 Å². The van der Waals surface area contributed by atoms with Gasteiger partial charge in [-0.2, -0.15) is 0 Å². The van der Waals surface area contributed by atoms with E-state index in [1.165, 1.54) is 10.7 Å². The standard InChI is InChI=1S/C12H20N2OS/c1-4-12-14-11(7-16-12)8(2)13-10-5-6-15-9(10)3/h7-10,13H,4-6H2,1-3H3. The van der Waals surface area contributed by atoms with Gasteiger partial charge in [-0.15, -0.1) is 11.3 Å². The maximum atomic E-state index is 5.55. The van der Waals surface area contributed by atoms with Crippen LogP contribution < -0.4 is 5.32 Å². The highest BCUT2D eigenvalue weighted by Gasteiger charge is 2.26. The van der Waals surface area contributed by atoms with E-state index in [-0.39, 0.29) is 0 Å². The molecule has 3 atom stereocenters. The SMILES string of the molecule is CCc1nc(C(C)NC2CCOC2C)cs1. The van der Waals surface area contributed by atoms with Gasteiger partial charge in [0.05, 0.1) is 16.8 Å². The number of nitrogens with one attached hydrogen (secondary N) is 1. The molecule has 0 aliphatic carbocycles. The van der Waals surface area contributed by atoms with Gasteiger partial charge in [-0.3, -0.25) is 0 Å². The number of rotatable bonds is 4. The second kappa shape index (κ2) is 5.25. The Morgan fingerprint density at radius 3 is 3.06 bits per heavy atom. The minimum absolute atomic E-state index is 0.325. The summed E-state index contributed by atoms with van der Waals surface area (Å²) in [5.74, 6) is 0. The van der Waals surface area contributed by atoms with Gasteiger partial charge in [0, 0.05) is 24.1 Å². The molecule has 3 unspecified atom stereocenters. The Bertz CT molecular complexity index is 340. The molecule has 2 rings (SSSR count). The summed E-state index contributed by atoms with van der Waals surface area (Å²) in [6.45, 7) is 7.34. The topological polar surface area (TPSA) is 34.2 Å². The molecule has 16 heavy (non-hydrogen) atoms. The van der Waals surface area contributed by atoms with Crippen molar-refractivity contribution in [1.82, 2.24) is 10.3 Å². The van der Waals surface area contributed by atoms with Crippen LogP contribution in [-0.4, -0.2) is 23.7 Å². The van der Waals surface area contributed by atoms with Crippen molar-refractivity contribution < 1.29 is 4.74 Å². The molecule has 0 bridgehead atoms. The zero-order valence-electron chi connectivity index (χ0n) is 10.2. The summed E-state index contributed by atoms with van der Waals surface area (Å²) in [6, 6.07) is 0.799. The van der Waals surface area contributed by atoms with Gasteiger partial charge in [0.15, 0.2) is 0 Å². The average Bonchev–Trinajstić information content (AvgIpc) is 2.88. The highest BCUT2D eigenvalue weighted by molar-refractivity contribution is 7.09. The molecule has 0 saturated carbocycles. The smallest absolute Gasteiger partial charge is 0.0926 e. The molecule has 1 fully saturated rings.